The lowest BCUT2D eigenvalue weighted by atomic mass is 10.1. The summed E-state index contributed by atoms with van der Waals surface area (Å²) in [5.74, 6) is 1.30. The van der Waals surface area contributed by atoms with Gasteiger partial charge in [0.25, 0.3) is 11.6 Å². The van der Waals surface area contributed by atoms with Gasteiger partial charge < -0.3 is 20.5 Å². The van der Waals surface area contributed by atoms with Gasteiger partial charge in [0.1, 0.15) is 17.2 Å². The minimum atomic E-state index is -0.546. The molecule has 1 atom stereocenters. The predicted molar refractivity (Wildman–Crippen MR) is 106 cm³/mol. The van der Waals surface area contributed by atoms with E-state index in [1.165, 1.54) is 18.2 Å². The third kappa shape index (κ3) is 5.11. The number of nitro groups is 1. The van der Waals surface area contributed by atoms with Gasteiger partial charge >= 0.3 is 0 Å². The average molecular weight is 408 g/mol. The van der Waals surface area contributed by atoms with Gasteiger partial charge in [-0.05, 0) is 49.1 Å². The van der Waals surface area contributed by atoms with Gasteiger partial charge in [-0.1, -0.05) is 0 Å². The van der Waals surface area contributed by atoms with Gasteiger partial charge in [0.15, 0.2) is 0 Å². The van der Waals surface area contributed by atoms with Crippen molar-refractivity contribution in [3.63, 3.8) is 0 Å². The molecule has 0 radical (unpaired) electrons. The summed E-state index contributed by atoms with van der Waals surface area (Å²) in [5, 5.41) is 14.0. The van der Waals surface area contributed by atoms with Crippen molar-refractivity contribution in [1.82, 2.24) is 5.32 Å². The summed E-state index contributed by atoms with van der Waals surface area (Å²) in [4.78, 5) is 23.3. The Hall–Kier alpha value is -2.84. The van der Waals surface area contributed by atoms with E-state index in [0.717, 1.165) is 12.8 Å². The number of amides is 1. The molecule has 3 N–H and O–H groups in total. The van der Waals surface area contributed by atoms with Crippen LogP contribution in [-0.2, 0) is 0 Å². The van der Waals surface area contributed by atoms with Crippen molar-refractivity contribution in [2.24, 2.45) is 11.7 Å². The van der Waals surface area contributed by atoms with Crippen molar-refractivity contribution in [3.8, 4) is 17.2 Å². The van der Waals surface area contributed by atoms with Crippen LogP contribution in [-0.4, -0.2) is 30.5 Å². The first-order chi connectivity index (χ1) is 13.0. The van der Waals surface area contributed by atoms with Gasteiger partial charge in [0, 0.05) is 24.7 Å². The molecule has 150 valence electrons. The number of nitrogens with one attached hydrogen (secondary N) is 1. The number of carbonyl (C=O) groups excluding carboxylic acids is 1. The Labute approximate surface area is 168 Å². The summed E-state index contributed by atoms with van der Waals surface area (Å²) >= 11 is 0. The average Bonchev–Trinajstić information content (AvgIpc) is 3.51. The molecule has 1 aliphatic rings. The Morgan fingerprint density at radius 1 is 1.25 bits per heavy atom. The van der Waals surface area contributed by atoms with Crippen LogP contribution in [0.5, 0.6) is 17.2 Å². The number of non-ortho nitro benzene ring substituents is 1. The lowest BCUT2D eigenvalue weighted by Crippen LogP contribution is -2.41. The maximum absolute atomic E-state index is 12.7. The molecule has 1 amide bonds. The molecule has 1 saturated carbocycles. The summed E-state index contributed by atoms with van der Waals surface area (Å²) in [6.07, 6.45) is 2.04. The molecule has 1 unspecified atom stereocenters. The van der Waals surface area contributed by atoms with E-state index in [2.05, 4.69) is 5.32 Å². The highest BCUT2D eigenvalue weighted by atomic mass is 35.5. The molecule has 0 aliphatic heterocycles. The second-order valence-electron chi connectivity index (χ2n) is 6.37. The monoisotopic (exact) mass is 407 g/mol. The minimum absolute atomic E-state index is 0. The number of carbonyl (C=O) groups is 1. The van der Waals surface area contributed by atoms with Crippen LogP contribution in [0, 0.1) is 16.0 Å². The van der Waals surface area contributed by atoms with E-state index in [0.29, 0.717) is 24.0 Å². The Balaban J connectivity index is 0.00000280. The van der Waals surface area contributed by atoms with E-state index in [4.69, 9.17) is 15.2 Å². The molecule has 8 nitrogen and oxygen atoms in total. The van der Waals surface area contributed by atoms with Crippen LogP contribution in [0.4, 0.5) is 5.69 Å². The van der Waals surface area contributed by atoms with Crippen LogP contribution < -0.4 is 20.5 Å². The number of ether oxygens (including phenoxy) is 2. The Bertz CT molecular complexity index is 840. The highest BCUT2D eigenvalue weighted by molar-refractivity contribution is 5.98. The lowest BCUT2D eigenvalue weighted by molar-refractivity contribution is -0.384. The molecule has 9 heteroatoms. The van der Waals surface area contributed by atoms with Crippen LogP contribution in [0.25, 0.3) is 0 Å². The van der Waals surface area contributed by atoms with Crippen molar-refractivity contribution >= 4 is 24.0 Å². The Morgan fingerprint density at radius 3 is 2.43 bits per heavy atom. The highest BCUT2D eigenvalue weighted by Crippen LogP contribution is 2.33. The summed E-state index contributed by atoms with van der Waals surface area (Å²) in [7, 11) is 1.56. The molecule has 2 aromatic rings. The summed E-state index contributed by atoms with van der Waals surface area (Å²) in [6.45, 7) is 0.319. The lowest BCUT2D eigenvalue weighted by Gasteiger charge is -2.17. The van der Waals surface area contributed by atoms with Crippen LogP contribution in [0.3, 0.4) is 0 Å². The van der Waals surface area contributed by atoms with Gasteiger partial charge in [0.2, 0.25) is 0 Å². The molecule has 0 spiro atoms. The molecule has 1 fully saturated rings. The van der Waals surface area contributed by atoms with Crippen molar-refractivity contribution in [2.75, 3.05) is 13.7 Å². The van der Waals surface area contributed by atoms with E-state index in [-0.39, 0.29) is 35.4 Å². The van der Waals surface area contributed by atoms with Crippen molar-refractivity contribution < 1.29 is 19.2 Å². The number of hydrogen-bond acceptors (Lipinski definition) is 6. The number of methoxy groups -OCH3 is 1. The summed E-state index contributed by atoms with van der Waals surface area (Å²) in [6, 6.07) is 10.6. The first-order valence-corrected chi connectivity index (χ1v) is 8.63. The Morgan fingerprint density at radius 2 is 1.89 bits per heavy atom. The molecule has 2 aromatic carbocycles. The molecule has 0 aromatic heterocycles. The van der Waals surface area contributed by atoms with Gasteiger partial charge in [0.05, 0.1) is 17.6 Å². The minimum Gasteiger partial charge on any atom is -0.497 e. The summed E-state index contributed by atoms with van der Waals surface area (Å²) in [5.41, 5.74) is 5.66. The number of nitrogens with two attached hydrogens (primary N) is 1. The first kappa shape index (κ1) is 21.5. The number of halogens is 1. The van der Waals surface area contributed by atoms with Gasteiger partial charge in [-0.3, -0.25) is 14.9 Å². The number of nitrogens with zero attached hydrogens (tertiary/aromatic N) is 1. The van der Waals surface area contributed by atoms with Crippen molar-refractivity contribution in [1.29, 1.82) is 0 Å². The van der Waals surface area contributed by atoms with E-state index in [9.17, 15) is 14.9 Å². The SMILES string of the molecule is COc1ccc(Oc2ccc([N+](=O)[O-])cc2C(=O)NC(CN)C2CC2)cc1.Cl. The fourth-order valence-corrected chi connectivity index (χ4v) is 2.78. The maximum atomic E-state index is 12.7. The third-order valence-corrected chi connectivity index (χ3v) is 4.47. The van der Waals surface area contributed by atoms with Crippen LogP contribution in [0.2, 0.25) is 0 Å². The topological polar surface area (TPSA) is 117 Å². The standard InChI is InChI=1S/C19H21N3O5.ClH/c1-26-14-5-7-15(8-6-14)27-18-9-4-13(22(24)25)10-16(18)19(23)21-17(11-20)12-2-3-12;/h4-10,12,17H,2-3,11,20H2,1H3,(H,21,23);1H. The fraction of sp³-hybridized carbons (Fsp3) is 0.316. The quantitative estimate of drug-likeness (QED) is 0.512. The number of benzene rings is 2. The van der Waals surface area contributed by atoms with Gasteiger partial charge in [-0.25, -0.2) is 0 Å². The van der Waals surface area contributed by atoms with Gasteiger partial charge in [-0.15, -0.1) is 12.4 Å². The maximum Gasteiger partial charge on any atom is 0.270 e. The molecule has 1 aliphatic carbocycles. The fourth-order valence-electron chi connectivity index (χ4n) is 2.78. The van der Waals surface area contributed by atoms with Crippen molar-refractivity contribution in [3.05, 3.63) is 58.1 Å². The molecule has 3 rings (SSSR count). The van der Waals surface area contributed by atoms with Crippen LogP contribution in [0.1, 0.15) is 23.2 Å². The molecular weight excluding hydrogens is 386 g/mol. The molecule has 0 bridgehead atoms. The third-order valence-electron chi connectivity index (χ3n) is 4.47. The van der Waals surface area contributed by atoms with E-state index < -0.39 is 10.8 Å². The van der Waals surface area contributed by atoms with E-state index in [1.54, 1.807) is 31.4 Å². The molecule has 28 heavy (non-hydrogen) atoms. The van der Waals surface area contributed by atoms with Crippen LogP contribution in [0.15, 0.2) is 42.5 Å². The van der Waals surface area contributed by atoms with Crippen molar-refractivity contribution in [2.45, 2.75) is 18.9 Å². The molecular formula is C19H22ClN3O5. The highest BCUT2D eigenvalue weighted by Gasteiger charge is 2.32. The number of rotatable bonds is 8. The second-order valence-corrected chi connectivity index (χ2v) is 6.37. The number of nitro benzene ring substituents is 1. The van der Waals surface area contributed by atoms with E-state index >= 15 is 0 Å². The second kappa shape index (κ2) is 9.38. The predicted octanol–water partition coefficient (Wildman–Crippen LogP) is 3.28. The normalized spacial score (nSPS) is 13.8. The first-order valence-electron chi connectivity index (χ1n) is 8.63. The zero-order chi connectivity index (χ0) is 19.4. The van der Waals surface area contributed by atoms with Gasteiger partial charge in [-0.2, -0.15) is 0 Å². The number of hydrogen-bond donors (Lipinski definition) is 2. The van der Waals surface area contributed by atoms with Crippen LogP contribution >= 0.6 is 12.4 Å². The zero-order valence-electron chi connectivity index (χ0n) is 15.3. The molecule has 0 heterocycles. The molecule has 0 saturated heterocycles. The Kier molecular flexibility index (Phi) is 7.19. The largest absolute Gasteiger partial charge is 0.497 e. The zero-order valence-corrected chi connectivity index (χ0v) is 16.1. The van der Waals surface area contributed by atoms with E-state index in [1.807, 2.05) is 0 Å². The smallest absolute Gasteiger partial charge is 0.270 e. The summed E-state index contributed by atoms with van der Waals surface area (Å²) < 4.78 is 10.9.